The van der Waals surface area contributed by atoms with Crippen molar-refractivity contribution in [2.75, 3.05) is 0 Å². The summed E-state index contributed by atoms with van der Waals surface area (Å²) in [4.78, 5) is 12.2. The van der Waals surface area contributed by atoms with Gasteiger partial charge in [0, 0.05) is 15.7 Å². The van der Waals surface area contributed by atoms with Crippen LogP contribution in [0.4, 0.5) is 0 Å². The van der Waals surface area contributed by atoms with Gasteiger partial charge in [-0.15, -0.1) is 11.3 Å². The van der Waals surface area contributed by atoms with Crippen molar-refractivity contribution in [2.45, 2.75) is 20.8 Å². The Balaban J connectivity index is 2.62. The Morgan fingerprint density at radius 3 is 2.60 bits per heavy atom. The van der Waals surface area contributed by atoms with Crippen molar-refractivity contribution in [3.8, 4) is 0 Å². The molecule has 0 bridgehead atoms. The number of Topliss-reactive ketones (excluding diaryl/α,β-unsaturated/α-hetero) is 1. The molecule has 0 aliphatic carbocycles. The molecule has 0 radical (unpaired) electrons. The summed E-state index contributed by atoms with van der Waals surface area (Å²) in [6.45, 7) is 5.88. The summed E-state index contributed by atoms with van der Waals surface area (Å²) < 4.78 is 1.11. The van der Waals surface area contributed by atoms with Crippen LogP contribution in [0.5, 0.6) is 0 Å². The summed E-state index contributed by atoms with van der Waals surface area (Å²) in [7, 11) is 0. The van der Waals surface area contributed by atoms with Gasteiger partial charge in [0.15, 0.2) is 5.78 Å². The second-order valence-electron chi connectivity index (χ2n) is 4.72. The molecule has 0 spiro atoms. The van der Waals surface area contributed by atoms with Crippen LogP contribution in [0.1, 0.15) is 31.1 Å². The van der Waals surface area contributed by atoms with E-state index in [4.69, 9.17) is 0 Å². The van der Waals surface area contributed by atoms with E-state index < -0.39 is 0 Å². The fourth-order valence-corrected chi connectivity index (χ4v) is 2.49. The van der Waals surface area contributed by atoms with Crippen molar-refractivity contribution in [3.05, 3.63) is 35.2 Å². The van der Waals surface area contributed by atoms with Crippen molar-refractivity contribution < 1.29 is 4.79 Å². The van der Waals surface area contributed by atoms with Gasteiger partial charge >= 0.3 is 0 Å². The molecular weight excluding hydrogens is 204 g/mol. The van der Waals surface area contributed by atoms with Crippen LogP contribution in [0.25, 0.3) is 10.1 Å². The molecule has 0 aliphatic heterocycles. The van der Waals surface area contributed by atoms with Crippen LogP contribution in [0.3, 0.4) is 0 Å². The molecule has 0 aliphatic rings. The maximum Gasteiger partial charge on any atom is 0.169 e. The number of carbonyl (C=O) groups excluding carboxylic acids is 1. The highest BCUT2D eigenvalue weighted by Crippen LogP contribution is 2.29. The summed E-state index contributed by atoms with van der Waals surface area (Å²) in [6, 6.07) is 7.98. The Bertz CT molecular complexity index is 502. The third kappa shape index (κ3) is 1.82. The molecule has 0 unspecified atom stereocenters. The highest BCUT2D eigenvalue weighted by Gasteiger charge is 2.24. The van der Waals surface area contributed by atoms with Crippen LogP contribution < -0.4 is 0 Å². The predicted octanol–water partition coefficient (Wildman–Crippen LogP) is 4.13. The van der Waals surface area contributed by atoms with Crippen molar-refractivity contribution in [3.63, 3.8) is 0 Å². The van der Waals surface area contributed by atoms with Gasteiger partial charge in [0.1, 0.15) is 0 Å². The highest BCUT2D eigenvalue weighted by atomic mass is 32.1. The van der Waals surface area contributed by atoms with Crippen LogP contribution in [0.2, 0.25) is 0 Å². The van der Waals surface area contributed by atoms with E-state index in [0.717, 1.165) is 15.6 Å². The van der Waals surface area contributed by atoms with Gasteiger partial charge < -0.3 is 0 Å². The molecular formula is C13H14OS. The van der Waals surface area contributed by atoms with E-state index in [1.54, 1.807) is 11.3 Å². The number of hydrogen-bond acceptors (Lipinski definition) is 2. The van der Waals surface area contributed by atoms with Gasteiger partial charge in [0.2, 0.25) is 0 Å². The minimum absolute atomic E-state index is 0.218. The van der Waals surface area contributed by atoms with Crippen molar-refractivity contribution in [1.29, 1.82) is 0 Å². The van der Waals surface area contributed by atoms with Crippen LogP contribution in [-0.4, -0.2) is 5.78 Å². The number of ketones is 1. The average molecular weight is 218 g/mol. The molecule has 1 aromatic carbocycles. The highest BCUT2D eigenvalue weighted by molar-refractivity contribution is 7.17. The molecule has 2 rings (SSSR count). The van der Waals surface area contributed by atoms with Gasteiger partial charge in [-0.2, -0.15) is 0 Å². The van der Waals surface area contributed by atoms with Crippen LogP contribution in [0, 0.1) is 5.41 Å². The second kappa shape index (κ2) is 3.46. The Hall–Kier alpha value is -1.15. The molecule has 0 amide bonds. The van der Waals surface area contributed by atoms with Gasteiger partial charge in [-0.3, -0.25) is 4.79 Å². The van der Waals surface area contributed by atoms with Gasteiger partial charge in [-0.1, -0.05) is 32.9 Å². The molecule has 1 nitrogen and oxygen atoms in total. The first-order valence-electron chi connectivity index (χ1n) is 5.01. The lowest BCUT2D eigenvalue weighted by Gasteiger charge is -2.16. The summed E-state index contributed by atoms with van der Waals surface area (Å²) in [6.07, 6.45) is 0. The first-order valence-corrected chi connectivity index (χ1v) is 5.89. The molecule has 1 heterocycles. The van der Waals surface area contributed by atoms with Gasteiger partial charge in [0.25, 0.3) is 0 Å². The number of carbonyl (C=O) groups is 1. The lowest BCUT2D eigenvalue weighted by atomic mass is 9.86. The summed E-state index contributed by atoms with van der Waals surface area (Å²) in [5, 5.41) is 3.19. The fraction of sp³-hybridized carbons (Fsp3) is 0.308. The molecule has 0 saturated carbocycles. The number of hydrogen-bond donors (Lipinski definition) is 0. The number of benzene rings is 1. The first kappa shape index (κ1) is 10.4. The van der Waals surface area contributed by atoms with E-state index in [2.05, 4.69) is 6.07 Å². The fourth-order valence-electron chi connectivity index (χ4n) is 1.58. The second-order valence-corrected chi connectivity index (χ2v) is 5.64. The Labute approximate surface area is 93.7 Å². The molecule has 2 heteroatoms. The van der Waals surface area contributed by atoms with Gasteiger partial charge in [-0.05, 0) is 22.9 Å². The summed E-state index contributed by atoms with van der Waals surface area (Å²) >= 11 is 1.64. The Morgan fingerprint density at radius 1 is 1.20 bits per heavy atom. The van der Waals surface area contributed by atoms with E-state index in [-0.39, 0.29) is 11.2 Å². The van der Waals surface area contributed by atoms with E-state index in [0.29, 0.717) is 0 Å². The van der Waals surface area contributed by atoms with Crippen molar-refractivity contribution in [2.24, 2.45) is 5.41 Å². The standard InChI is InChI=1S/C13H14OS/c1-13(2,3)12(14)10-6-4-5-9-7-8-15-11(9)10/h4-8H,1-3H3. The third-order valence-corrected chi connectivity index (χ3v) is 3.37. The SMILES string of the molecule is CC(C)(C)C(=O)c1cccc2ccsc12. The van der Waals surface area contributed by atoms with E-state index in [1.165, 1.54) is 0 Å². The lowest BCUT2D eigenvalue weighted by Crippen LogP contribution is -2.20. The summed E-state index contributed by atoms with van der Waals surface area (Å²) in [5.41, 5.74) is 0.549. The quantitative estimate of drug-likeness (QED) is 0.658. The van der Waals surface area contributed by atoms with Crippen molar-refractivity contribution >= 4 is 27.2 Å². The Kier molecular flexibility index (Phi) is 2.39. The molecule has 0 saturated heterocycles. The van der Waals surface area contributed by atoms with E-state index in [1.807, 2.05) is 44.4 Å². The largest absolute Gasteiger partial charge is 0.294 e. The summed E-state index contributed by atoms with van der Waals surface area (Å²) in [5.74, 6) is 0.218. The minimum atomic E-state index is -0.307. The molecule has 1 aromatic heterocycles. The molecule has 78 valence electrons. The topological polar surface area (TPSA) is 17.1 Å². The number of thiophene rings is 1. The zero-order valence-electron chi connectivity index (χ0n) is 9.20. The minimum Gasteiger partial charge on any atom is -0.294 e. The Morgan fingerprint density at radius 2 is 1.93 bits per heavy atom. The maximum absolute atomic E-state index is 12.2. The zero-order chi connectivity index (χ0) is 11.1. The lowest BCUT2D eigenvalue weighted by molar-refractivity contribution is 0.0860. The van der Waals surface area contributed by atoms with E-state index in [9.17, 15) is 4.79 Å². The van der Waals surface area contributed by atoms with E-state index >= 15 is 0 Å². The maximum atomic E-state index is 12.2. The normalized spacial score (nSPS) is 11.9. The molecule has 0 N–H and O–H groups in total. The predicted molar refractivity (Wildman–Crippen MR) is 65.6 cm³/mol. The third-order valence-electron chi connectivity index (χ3n) is 2.40. The molecule has 0 fully saturated rings. The smallest absolute Gasteiger partial charge is 0.169 e. The van der Waals surface area contributed by atoms with Gasteiger partial charge in [-0.25, -0.2) is 0 Å². The van der Waals surface area contributed by atoms with Gasteiger partial charge in [0.05, 0.1) is 0 Å². The molecule has 2 aromatic rings. The molecule has 0 atom stereocenters. The monoisotopic (exact) mass is 218 g/mol. The van der Waals surface area contributed by atoms with Crippen LogP contribution in [0.15, 0.2) is 29.6 Å². The first-order chi connectivity index (χ1) is 7.00. The number of rotatable bonds is 1. The van der Waals surface area contributed by atoms with Crippen LogP contribution >= 0.6 is 11.3 Å². The molecule has 15 heavy (non-hydrogen) atoms. The number of fused-ring (bicyclic) bond motifs is 1. The zero-order valence-corrected chi connectivity index (χ0v) is 10.0. The van der Waals surface area contributed by atoms with Crippen molar-refractivity contribution in [1.82, 2.24) is 0 Å². The average Bonchev–Trinajstić information content (AvgIpc) is 2.62. The van der Waals surface area contributed by atoms with Crippen LogP contribution in [-0.2, 0) is 0 Å².